The number of halogens is 1. The fourth-order valence-electron chi connectivity index (χ4n) is 2.98. The Morgan fingerprint density at radius 2 is 1.86 bits per heavy atom. The first-order valence-electron chi connectivity index (χ1n) is 8.97. The molecule has 142 valence electrons. The van der Waals surface area contributed by atoms with Gasteiger partial charge in [-0.15, -0.1) is 0 Å². The molecule has 0 saturated carbocycles. The second-order valence-electron chi connectivity index (χ2n) is 6.58. The maximum atomic E-state index is 14.2. The predicted octanol–water partition coefficient (Wildman–Crippen LogP) is 5.00. The van der Waals surface area contributed by atoms with E-state index in [0.717, 1.165) is 5.56 Å². The van der Waals surface area contributed by atoms with Crippen LogP contribution < -0.4 is 5.56 Å². The summed E-state index contributed by atoms with van der Waals surface area (Å²) < 4.78 is 15.7. The van der Waals surface area contributed by atoms with Crippen molar-refractivity contribution in [2.24, 2.45) is 0 Å². The van der Waals surface area contributed by atoms with E-state index in [1.54, 1.807) is 49.4 Å². The van der Waals surface area contributed by atoms with Gasteiger partial charge in [0.15, 0.2) is 5.16 Å². The third kappa shape index (κ3) is 3.78. The number of nitrogens with zero attached hydrogens (tertiary/aromatic N) is 3. The van der Waals surface area contributed by atoms with E-state index in [9.17, 15) is 9.18 Å². The maximum absolute atomic E-state index is 14.2. The molecule has 0 atom stereocenters. The Hall–Kier alpha value is -3.43. The van der Waals surface area contributed by atoms with Crippen molar-refractivity contribution in [1.29, 1.82) is 5.26 Å². The Morgan fingerprint density at radius 3 is 2.59 bits per heavy atom. The molecule has 0 aliphatic carbocycles. The van der Waals surface area contributed by atoms with E-state index in [1.165, 1.54) is 22.4 Å². The Balaban J connectivity index is 1.81. The van der Waals surface area contributed by atoms with Crippen molar-refractivity contribution in [3.63, 3.8) is 0 Å². The van der Waals surface area contributed by atoms with Gasteiger partial charge in [0.25, 0.3) is 5.56 Å². The molecule has 1 heterocycles. The highest BCUT2D eigenvalue weighted by Gasteiger charge is 2.14. The number of fused-ring (bicyclic) bond motifs is 1. The van der Waals surface area contributed by atoms with Crippen LogP contribution in [0, 0.1) is 24.1 Å². The minimum absolute atomic E-state index is 0.235. The summed E-state index contributed by atoms with van der Waals surface area (Å²) in [4.78, 5) is 17.9. The molecule has 4 nitrogen and oxygen atoms in total. The van der Waals surface area contributed by atoms with Gasteiger partial charge in [0, 0.05) is 5.75 Å². The van der Waals surface area contributed by atoms with Gasteiger partial charge in [-0.1, -0.05) is 42.1 Å². The number of aryl methyl sites for hydroxylation is 1. The Labute approximate surface area is 171 Å². The van der Waals surface area contributed by atoms with Crippen LogP contribution in [-0.2, 0) is 5.75 Å². The Kier molecular flexibility index (Phi) is 5.15. The van der Waals surface area contributed by atoms with Crippen LogP contribution in [0.1, 0.15) is 16.7 Å². The van der Waals surface area contributed by atoms with Gasteiger partial charge in [-0.3, -0.25) is 9.36 Å². The zero-order valence-electron chi connectivity index (χ0n) is 15.6. The number of rotatable bonds is 4. The largest absolute Gasteiger partial charge is 0.268 e. The fraction of sp³-hybridized carbons (Fsp3) is 0.0870. The molecule has 29 heavy (non-hydrogen) atoms. The third-order valence-corrected chi connectivity index (χ3v) is 5.62. The van der Waals surface area contributed by atoms with Gasteiger partial charge in [0.2, 0.25) is 0 Å². The van der Waals surface area contributed by atoms with Crippen LogP contribution in [0.4, 0.5) is 4.39 Å². The zero-order chi connectivity index (χ0) is 20.4. The van der Waals surface area contributed by atoms with E-state index in [-0.39, 0.29) is 11.4 Å². The van der Waals surface area contributed by atoms with Gasteiger partial charge >= 0.3 is 0 Å². The van der Waals surface area contributed by atoms with Gasteiger partial charge in [-0.05, 0) is 54.4 Å². The van der Waals surface area contributed by atoms with Crippen molar-refractivity contribution in [1.82, 2.24) is 9.55 Å². The Bertz CT molecular complexity index is 1310. The Morgan fingerprint density at radius 1 is 1.10 bits per heavy atom. The first kappa shape index (κ1) is 18.9. The summed E-state index contributed by atoms with van der Waals surface area (Å²) in [6, 6.07) is 21.2. The van der Waals surface area contributed by atoms with Crippen molar-refractivity contribution in [3.05, 3.63) is 99.6 Å². The molecule has 1 aromatic heterocycles. The van der Waals surface area contributed by atoms with Crippen molar-refractivity contribution in [3.8, 4) is 11.8 Å². The van der Waals surface area contributed by atoms with Crippen molar-refractivity contribution >= 4 is 22.7 Å². The normalized spacial score (nSPS) is 10.8. The van der Waals surface area contributed by atoms with Crippen molar-refractivity contribution < 1.29 is 4.39 Å². The number of nitriles is 1. The van der Waals surface area contributed by atoms with E-state index >= 15 is 0 Å². The average Bonchev–Trinajstić information content (AvgIpc) is 2.75. The van der Waals surface area contributed by atoms with Crippen LogP contribution in [0.5, 0.6) is 0 Å². The molecule has 0 fully saturated rings. The lowest BCUT2D eigenvalue weighted by Gasteiger charge is -2.14. The predicted molar refractivity (Wildman–Crippen MR) is 113 cm³/mol. The summed E-state index contributed by atoms with van der Waals surface area (Å²) in [7, 11) is 0. The minimum Gasteiger partial charge on any atom is -0.268 e. The van der Waals surface area contributed by atoms with Crippen LogP contribution in [-0.4, -0.2) is 9.55 Å². The second-order valence-corrected chi connectivity index (χ2v) is 7.53. The molecule has 0 N–H and O–H groups in total. The van der Waals surface area contributed by atoms with E-state index in [2.05, 4.69) is 11.1 Å². The molecule has 0 aliphatic heterocycles. The summed E-state index contributed by atoms with van der Waals surface area (Å²) >= 11 is 1.39. The van der Waals surface area contributed by atoms with E-state index < -0.39 is 0 Å². The third-order valence-electron chi connectivity index (χ3n) is 4.61. The average molecular weight is 401 g/mol. The van der Waals surface area contributed by atoms with Crippen LogP contribution in [0.15, 0.2) is 76.7 Å². The monoisotopic (exact) mass is 401 g/mol. The van der Waals surface area contributed by atoms with Gasteiger partial charge in [0.1, 0.15) is 5.82 Å². The number of hydrogen-bond acceptors (Lipinski definition) is 4. The summed E-state index contributed by atoms with van der Waals surface area (Å²) in [5, 5.41) is 9.91. The molecule has 0 unspecified atom stereocenters. The summed E-state index contributed by atoms with van der Waals surface area (Å²) in [6.45, 7) is 1.68. The fourth-order valence-corrected chi connectivity index (χ4v) is 3.95. The van der Waals surface area contributed by atoms with Crippen molar-refractivity contribution in [2.75, 3.05) is 0 Å². The lowest BCUT2D eigenvalue weighted by Crippen LogP contribution is -2.22. The minimum atomic E-state index is -0.370. The molecule has 6 heteroatoms. The number of hydrogen-bond donors (Lipinski definition) is 0. The number of benzene rings is 3. The van der Waals surface area contributed by atoms with Gasteiger partial charge in [-0.2, -0.15) is 5.26 Å². The molecule has 4 rings (SSSR count). The highest BCUT2D eigenvalue weighted by molar-refractivity contribution is 7.98. The van der Waals surface area contributed by atoms with Crippen LogP contribution in [0.3, 0.4) is 0 Å². The second kappa shape index (κ2) is 7.90. The van der Waals surface area contributed by atoms with Gasteiger partial charge in [0.05, 0.1) is 28.2 Å². The maximum Gasteiger partial charge on any atom is 0.266 e. The first-order valence-corrected chi connectivity index (χ1v) is 9.95. The molecule has 0 saturated heterocycles. The van der Waals surface area contributed by atoms with E-state index in [0.29, 0.717) is 38.6 Å². The number of aromatic nitrogens is 2. The molecule has 0 aliphatic rings. The smallest absolute Gasteiger partial charge is 0.266 e. The highest BCUT2D eigenvalue weighted by atomic mass is 32.2. The number of para-hydroxylation sites is 1. The first-order chi connectivity index (χ1) is 14.1. The molecule has 0 spiro atoms. The molecular formula is C23H16FN3OS. The lowest BCUT2D eigenvalue weighted by atomic mass is 10.2. The quantitative estimate of drug-likeness (QED) is 0.357. The van der Waals surface area contributed by atoms with Gasteiger partial charge in [-0.25, -0.2) is 9.37 Å². The molecular weight excluding hydrogens is 385 g/mol. The molecule has 0 radical (unpaired) electrons. The lowest BCUT2D eigenvalue weighted by molar-refractivity contribution is 0.615. The van der Waals surface area contributed by atoms with Crippen LogP contribution in [0.25, 0.3) is 16.6 Å². The van der Waals surface area contributed by atoms with Crippen molar-refractivity contribution in [2.45, 2.75) is 17.8 Å². The highest BCUT2D eigenvalue weighted by Crippen LogP contribution is 2.25. The standard InChI is InChI=1S/C23H16FN3OS/c1-15-6-11-18(12-20(15)24)27-22(28)19-4-2-3-5-21(19)26-23(27)29-14-17-9-7-16(13-25)8-10-17/h2-12H,14H2,1H3. The zero-order valence-corrected chi connectivity index (χ0v) is 16.4. The van der Waals surface area contributed by atoms with Gasteiger partial charge < -0.3 is 0 Å². The molecule has 0 amide bonds. The SMILES string of the molecule is Cc1ccc(-n2c(SCc3ccc(C#N)cc3)nc3ccccc3c2=O)cc1F. The van der Waals surface area contributed by atoms with E-state index in [4.69, 9.17) is 5.26 Å². The van der Waals surface area contributed by atoms with Crippen LogP contribution >= 0.6 is 11.8 Å². The summed E-state index contributed by atoms with van der Waals surface area (Å²) in [6.07, 6.45) is 0. The molecule has 3 aromatic carbocycles. The molecule has 4 aromatic rings. The van der Waals surface area contributed by atoms with E-state index in [1.807, 2.05) is 18.2 Å². The number of thioether (sulfide) groups is 1. The van der Waals surface area contributed by atoms with Crippen LogP contribution in [0.2, 0.25) is 0 Å². The summed E-state index contributed by atoms with van der Waals surface area (Å²) in [5.74, 6) is 0.191. The topological polar surface area (TPSA) is 58.7 Å². The molecule has 0 bridgehead atoms. The summed E-state index contributed by atoms with van der Waals surface area (Å²) in [5.41, 5.74) is 2.92.